The molecular formula is C12H26N2O. The molecule has 1 saturated heterocycles. The average molecular weight is 214 g/mol. The van der Waals surface area contributed by atoms with Gasteiger partial charge in [0, 0.05) is 18.7 Å². The summed E-state index contributed by atoms with van der Waals surface area (Å²) in [7, 11) is 2.07. The minimum atomic E-state index is 0.573. The number of nitrogens with zero attached hydrogens (tertiary/aromatic N) is 1. The van der Waals surface area contributed by atoms with Crippen molar-refractivity contribution in [3.63, 3.8) is 0 Å². The van der Waals surface area contributed by atoms with Crippen LogP contribution in [-0.2, 0) is 4.74 Å². The minimum absolute atomic E-state index is 0.573. The Kier molecular flexibility index (Phi) is 6.22. The highest BCUT2D eigenvalue weighted by Gasteiger charge is 2.28. The summed E-state index contributed by atoms with van der Waals surface area (Å²) in [5, 5.41) is 3.43. The predicted octanol–water partition coefficient (Wildman–Crippen LogP) is 1.49. The number of rotatable bonds is 6. The van der Waals surface area contributed by atoms with E-state index >= 15 is 0 Å². The maximum Gasteiger partial charge on any atom is 0.0637 e. The molecule has 1 aliphatic heterocycles. The zero-order valence-electron chi connectivity index (χ0n) is 10.5. The fourth-order valence-corrected chi connectivity index (χ4v) is 2.44. The van der Waals surface area contributed by atoms with E-state index in [1.165, 1.54) is 25.9 Å². The van der Waals surface area contributed by atoms with Crippen molar-refractivity contribution in [2.45, 2.75) is 45.2 Å². The van der Waals surface area contributed by atoms with Gasteiger partial charge in [0.05, 0.1) is 6.61 Å². The number of ether oxygens (including phenoxy) is 1. The van der Waals surface area contributed by atoms with E-state index in [-0.39, 0.29) is 0 Å². The maximum atomic E-state index is 5.61. The monoisotopic (exact) mass is 214 g/mol. The highest BCUT2D eigenvalue weighted by Crippen LogP contribution is 2.15. The van der Waals surface area contributed by atoms with E-state index in [1.807, 2.05) is 0 Å². The summed E-state index contributed by atoms with van der Waals surface area (Å²) < 4.78 is 5.61. The lowest BCUT2D eigenvalue weighted by Crippen LogP contribution is -2.54. The topological polar surface area (TPSA) is 24.5 Å². The van der Waals surface area contributed by atoms with Crippen LogP contribution in [0.5, 0.6) is 0 Å². The van der Waals surface area contributed by atoms with E-state index in [2.05, 4.69) is 31.1 Å². The van der Waals surface area contributed by atoms with Crippen LogP contribution < -0.4 is 5.32 Å². The van der Waals surface area contributed by atoms with Gasteiger partial charge >= 0.3 is 0 Å². The van der Waals surface area contributed by atoms with Gasteiger partial charge in [-0.3, -0.25) is 4.90 Å². The molecule has 0 aliphatic carbocycles. The van der Waals surface area contributed by atoms with Crippen LogP contribution in [-0.4, -0.2) is 50.3 Å². The van der Waals surface area contributed by atoms with Gasteiger partial charge in [0.25, 0.3) is 0 Å². The van der Waals surface area contributed by atoms with E-state index in [0.29, 0.717) is 12.1 Å². The van der Waals surface area contributed by atoms with Crippen molar-refractivity contribution in [2.75, 3.05) is 33.4 Å². The molecule has 1 fully saturated rings. The van der Waals surface area contributed by atoms with Gasteiger partial charge < -0.3 is 10.1 Å². The number of hydrogen-bond acceptors (Lipinski definition) is 3. The van der Waals surface area contributed by atoms with Crippen molar-refractivity contribution in [3.05, 3.63) is 0 Å². The molecule has 1 heterocycles. The van der Waals surface area contributed by atoms with E-state index < -0.39 is 0 Å². The lowest BCUT2D eigenvalue weighted by molar-refractivity contribution is -0.00154. The van der Waals surface area contributed by atoms with Gasteiger partial charge in [0.15, 0.2) is 0 Å². The molecule has 90 valence electrons. The largest absolute Gasteiger partial charge is 0.380 e. The van der Waals surface area contributed by atoms with Crippen molar-refractivity contribution in [2.24, 2.45) is 0 Å². The molecule has 1 rings (SSSR count). The molecule has 2 atom stereocenters. The quantitative estimate of drug-likeness (QED) is 0.725. The second kappa shape index (κ2) is 7.20. The van der Waals surface area contributed by atoms with Crippen molar-refractivity contribution >= 4 is 0 Å². The second-order valence-corrected chi connectivity index (χ2v) is 4.36. The molecular weight excluding hydrogens is 188 g/mol. The van der Waals surface area contributed by atoms with Crippen LogP contribution in [0, 0.1) is 0 Å². The Morgan fingerprint density at radius 1 is 1.27 bits per heavy atom. The number of hydrogen-bond donors (Lipinski definition) is 1. The van der Waals surface area contributed by atoms with Crippen LogP contribution in [0.15, 0.2) is 0 Å². The smallest absolute Gasteiger partial charge is 0.0637 e. The molecule has 1 N–H and O–H groups in total. The second-order valence-electron chi connectivity index (χ2n) is 4.36. The molecule has 0 bridgehead atoms. The number of likely N-dealkylation sites (N-methyl/N-ethyl adjacent to an activating group) is 1. The van der Waals surface area contributed by atoms with Crippen LogP contribution >= 0.6 is 0 Å². The molecule has 0 aromatic rings. The minimum Gasteiger partial charge on any atom is -0.380 e. The molecule has 0 aromatic heterocycles. The van der Waals surface area contributed by atoms with Crippen LogP contribution in [0.4, 0.5) is 0 Å². The van der Waals surface area contributed by atoms with Gasteiger partial charge in [0.1, 0.15) is 0 Å². The third-order valence-electron chi connectivity index (χ3n) is 3.19. The summed E-state index contributed by atoms with van der Waals surface area (Å²) in [5.74, 6) is 0. The van der Waals surface area contributed by atoms with Crippen molar-refractivity contribution in [1.29, 1.82) is 0 Å². The Bertz CT molecular complexity index is 158. The molecule has 0 aromatic carbocycles. The Morgan fingerprint density at radius 3 is 2.47 bits per heavy atom. The van der Waals surface area contributed by atoms with Gasteiger partial charge in [-0.25, -0.2) is 0 Å². The lowest BCUT2D eigenvalue weighted by Gasteiger charge is -2.39. The van der Waals surface area contributed by atoms with Crippen LogP contribution in [0.2, 0.25) is 0 Å². The lowest BCUT2D eigenvalue weighted by atomic mass is 10.0. The average Bonchev–Trinajstić information content (AvgIpc) is 2.29. The SMILES string of the molecule is CCCN(CCC)C1COCCC1NC. The summed E-state index contributed by atoms with van der Waals surface area (Å²) in [5.41, 5.74) is 0. The first-order chi connectivity index (χ1) is 7.33. The predicted molar refractivity (Wildman–Crippen MR) is 64.2 cm³/mol. The summed E-state index contributed by atoms with van der Waals surface area (Å²) in [6.45, 7) is 8.70. The first-order valence-corrected chi connectivity index (χ1v) is 6.32. The van der Waals surface area contributed by atoms with Gasteiger partial charge in [0.2, 0.25) is 0 Å². The molecule has 0 amide bonds. The molecule has 0 spiro atoms. The van der Waals surface area contributed by atoms with Gasteiger partial charge in [-0.15, -0.1) is 0 Å². The summed E-state index contributed by atoms with van der Waals surface area (Å²) in [4.78, 5) is 2.58. The zero-order chi connectivity index (χ0) is 11.1. The van der Waals surface area contributed by atoms with Gasteiger partial charge in [-0.1, -0.05) is 13.8 Å². The standard InChI is InChI=1S/C12H26N2O/c1-4-7-14(8-5-2)12-10-15-9-6-11(12)13-3/h11-13H,4-10H2,1-3H3. The molecule has 15 heavy (non-hydrogen) atoms. The molecule has 3 nitrogen and oxygen atoms in total. The van der Waals surface area contributed by atoms with E-state index in [9.17, 15) is 0 Å². The summed E-state index contributed by atoms with van der Waals surface area (Å²) in [6, 6.07) is 1.18. The molecule has 0 radical (unpaired) electrons. The van der Waals surface area contributed by atoms with Crippen LogP contribution in [0.1, 0.15) is 33.1 Å². The number of nitrogens with one attached hydrogen (secondary N) is 1. The highest BCUT2D eigenvalue weighted by molar-refractivity contribution is 4.86. The Labute approximate surface area is 94.2 Å². The molecule has 0 saturated carbocycles. The summed E-state index contributed by atoms with van der Waals surface area (Å²) in [6.07, 6.45) is 3.60. The van der Waals surface area contributed by atoms with Crippen molar-refractivity contribution in [1.82, 2.24) is 10.2 Å². The van der Waals surface area contributed by atoms with Gasteiger partial charge in [-0.2, -0.15) is 0 Å². The molecule has 1 aliphatic rings. The highest BCUT2D eigenvalue weighted by atomic mass is 16.5. The van der Waals surface area contributed by atoms with Gasteiger partial charge in [-0.05, 0) is 39.4 Å². The van der Waals surface area contributed by atoms with E-state index in [0.717, 1.165) is 19.6 Å². The third-order valence-corrected chi connectivity index (χ3v) is 3.19. The van der Waals surface area contributed by atoms with Crippen LogP contribution in [0.3, 0.4) is 0 Å². The van der Waals surface area contributed by atoms with E-state index in [1.54, 1.807) is 0 Å². The summed E-state index contributed by atoms with van der Waals surface area (Å²) >= 11 is 0. The van der Waals surface area contributed by atoms with Crippen LogP contribution in [0.25, 0.3) is 0 Å². The normalized spacial score (nSPS) is 27.2. The molecule has 3 heteroatoms. The Morgan fingerprint density at radius 2 is 1.93 bits per heavy atom. The maximum absolute atomic E-state index is 5.61. The zero-order valence-corrected chi connectivity index (χ0v) is 10.5. The first-order valence-electron chi connectivity index (χ1n) is 6.32. The van der Waals surface area contributed by atoms with Crippen molar-refractivity contribution in [3.8, 4) is 0 Å². The third kappa shape index (κ3) is 3.74. The fourth-order valence-electron chi connectivity index (χ4n) is 2.44. The molecule has 2 unspecified atom stereocenters. The Balaban J connectivity index is 2.53. The first kappa shape index (κ1) is 12.9. The Hall–Kier alpha value is -0.120. The van der Waals surface area contributed by atoms with E-state index in [4.69, 9.17) is 4.74 Å². The van der Waals surface area contributed by atoms with Crippen molar-refractivity contribution < 1.29 is 4.74 Å². The fraction of sp³-hybridized carbons (Fsp3) is 1.00.